The maximum atomic E-state index is 11.7. The number of hydrogen-bond donors (Lipinski definition) is 3. The molecule has 0 bridgehead atoms. The van der Waals surface area contributed by atoms with Crippen LogP contribution in [0.5, 0.6) is 0 Å². The number of benzene rings is 1. The highest BCUT2D eigenvalue weighted by Gasteiger charge is 2.07. The highest BCUT2D eigenvalue weighted by atomic mass is 32.1. The van der Waals surface area contributed by atoms with Gasteiger partial charge >= 0.3 is 0 Å². The van der Waals surface area contributed by atoms with Gasteiger partial charge in [0.1, 0.15) is 5.01 Å². The minimum Gasteiger partial charge on any atom is -0.355 e. The molecule has 2 rings (SSSR count). The molecule has 1 amide bonds. The van der Waals surface area contributed by atoms with E-state index < -0.39 is 0 Å². The third kappa shape index (κ3) is 5.56. The van der Waals surface area contributed by atoms with E-state index in [1.165, 1.54) is 0 Å². The van der Waals surface area contributed by atoms with Crippen LogP contribution < -0.4 is 16.0 Å². The average molecular weight is 359 g/mol. The van der Waals surface area contributed by atoms with Gasteiger partial charge in [-0.2, -0.15) is 0 Å². The molecule has 2 aromatic rings. The van der Waals surface area contributed by atoms with E-state index in [9.17, 15) is 4.79 Å². The van der Waals surface area contributed by atoms with Gasteiger partial charge in [0.15, 0.2) is 5.96 Å². The molecule has 0 aliphatic carbocycles. The molecule has 1 aromatic carbocycles. The van der Waals surface area contributed by atoms with Gasteiger partial charge in [-0.25, -0.2) is 4.98 Å². The maximum absolute atomic E-state index is 11.7. The zero-order valence-corrected chi connectivity index (χ0v) is 15.9. The number of guanidine groups is 1. The van der Waals surface area contributed by atoms with Gasteiger partial charge in [-0.1, -0.05) is 26.0 Å². The van der Waals surface area contributed by atoms with Crippen molar-refractivity contribution in [1.29, 1.82) is 0 Å². The summed E-state index contributed by atoms with van der Waals surface area (Å²) in [5.41, 5.74) is 2.78. The predicted molar refractivity (Wildman–Crippen MR) is 103 cm³/mol. The summed E-state index contributed by atoms with van der Waals surface area (Å²) in [6, 6.07) is 7.52. The number of carbonyl (C=O) groups excluding carboxylic acids is 1. The predicted octanol–water partition coefficient (Wildman–Crippen LogP) is 2.49. The van der Waals surface area contributed by atoms with Crippen LogP contribution in [0.3, 0.4) is 0 Å². The lowest BCUT2D eigenvalue weighted by Crippen LogP contribution is -2.36. The molecule has 0 unspecified atom stereocenters. The Morgan fingerprint density at radius 3 is 2.68 bits per heavy atom. The number of thiazole rings is 1. The average Bonchev–Trinajstić information content (AvgIpc) is 3.11. The second kappa shape index (κ2) is 9.17. The maximum Gasteiger partial charge on any atom is 0.251 e. The highest BCUT2D eigenvalue weighted by Crippen LogP contribution is 2.17. The third-order valence-electron chi connectivity index (χ3n) is 3.67. The van der Waals surface area contributed by atoms with E-state index in [1.54, 1.807) is 31.5 Å². The van der Waals surface area contributed by atoms with E-state index in [0.717, 1.165) is 16.3 Å². The Labute approximate surface area is 152 Å². The Kier molecular flexibility index (Phi) is 6.94. The van der Waals surface area contributed by atoms with Crippen LogP contribution in [0.15, 0.2) is 34.6 Å². The van der Waals surface area contributed by atoms with Crippen LogP contribution >= 0.6 is 11.3 Å². The number of rotatable bonds is 6. The van der Waals surface area contributed by atoms with Crippen molar-refractivity contribution in [3.8, 4) is 0 Å². The molecule has 6 nitrogen and oxygen atoms in total. The lowest BCUT2D eigenvalue weighted by atomic mass is 10.1. The highest BCUT2D eigenvalue weighted by molar-refractivity contribution is 7.09. The molecule has 1 heterocycles. The molecule has 3 N–H and O–H groups in total. The Balaban J connectivity index is 1.88. The fourth-order valence-electron chi connectivity index (χ4n) is 2.20. The molecule has 0 aliphatic rings. The Hall–Kier alpha value is -2.41. The van der Waals surface area contributed by atoms with Crippen LogP contribution in [-0.4, -0.2) is 30.9 Å². The standard InChI is InChI=1S/C18H25N5OS/c1-12(2)15-11-25-16(23-15)10-22-18(20-4)21-9-13-6-5-7-14(8-13)17(24)19-3/h5-8,11-12H,9-10H2,1-4H3,(H,19,24)(H2,20,21,22). The molecular weight excluding hydrogens is 334 g/mol. The van der Waals surface area contributed by atoms with Crippen LogP contribution in [0.1, 0.15) is 46.4 Å². The van der Waals surface area contributed by atoms with E-state index >= 15 is 0 Å². The fourth-order valence-corrected chi connectivity index (χ4v) is 3.10. The molecular formula is C18H25N5OS. The van der Waals surface area contributed by atoms with Crippen molar-refractivity contribution < 1.29 is 4.79 Å². The van der Waals surface area contributed by atoms with Gasteiger partial charge in [-0.15, -0.1) is 11.3 Å². The van der Waals surface area contributed by atoms with E-state index in [1.807, 2.05) is 18.2 Å². The van der Waals surface area contributed by atoms with Crippen molar-refractivity contribution in [2.24, 2.45) is 4.99 Å². The Morgan fingerprint density at radius 2 is 2.04 bits per heavy atom. The first kappa shape index (κ1) is 18.9. The van der Waals surface area contributed by atoms with Crippen LogP contribution in [0.2, 0.25) is 0 Å². The van der Waals surface area contributed by atoms with Crippen molar-refractivity contribution >= 4 is 23.2 Å². The second-order valence-electron chi connectivity index (χ2n) is 5.88. The SMILES string of the molecule is CN=C(NCc1cccc(C(=O)NC)c1)NCc1nc(C(C)C)cs1. The molecule has 1 aromatic heterocycles. The lowest BCUT2D eigenvalue weighted by molar-refractivity contribution is 0.0963. The lowest BCUT2D eigenvalue weighted by Gasteiger charge is -2.11. The van der Waals surface area contributed by atoms with E-state index in [4.69, 9.17) is 0 Å². The van der Waals surface area contributed by atoms with E-state index in [0.29, 0.717) is 30.5 Å². The van der Waals surface area contributed by atoms with Crippen molar-refractivity contribution in [2.45, 2.75) is 32.9 Å². The molecule has 7 heteroatoms. The van der Waals surface area contributed by atoms with Gasteiger partial charge in [0.2, 0.25) is 0 Å². The molecule has 0 atom stereocenters. The quantitative estimate of drug-likeness (QED) is 0.547. The molecule has 0 saturated carbocycles. The summed E-state index contributed by atoms with van der Waals surface area (Å²) in [6.45, 7) is 5.49. The van der Waals surface area contributed by atoms with Crippen molar-refractivity contribution in [2.75, 3.05) is 14.1 Å². The minimum absolute atomic E-state index is 0.0888. The number of nitrogens with one attached hydrogen (secondary N) is 3. The number of amides is 1. The first-order chi connectivity index (χ1) is 12.0. The van der Waals surface area contributed by atoms with Gasteiger partial charge in [0.25, 0.3) is 5.91 Å². The Bertz CT molecular complexity index is 739. The van der Waals surface area contributed by atoms with Gasteiger partial charge in [-0.3, -0.25) is 9.79 Å². The number of hydrogen-bond acceptors (Lipinski definition) is 4. The summed E-state index contributed by atoms with van der Waals surface area (Å²) in [6.07, 6.45) is 0. The number of carbonyl (C=O) groups is 1. The summed E-state index contributed by atoms with van der Waals surface area (Å²) in [4.78, 5) is 20.5. The topological polar surface area (TPSA) is 78.4 Å². The van der Waals surface area contributed by atoms with Crippen molar-refractivity contribution in [3.05, 3.63) is 51.5 Å². The van der Waals surface area contributed by atoms with Crippen LogP contribution in [-0.2, 0) is 13.1 Å². The normalized spacial score (nSPS) is 11.5. The summed E-state index contributed by atoms with van der Waals surface area (Å²) in [5, 5.41) is 12.3. The first-order valence-corrected chi connectivity index (χ1v) is 9.11. The molecule has 0 saturated heterocycles. The van der Waals surface area contributed by atoms with E-state index in [-0.39, 0.29) is 5.91 Å². The van der Waals surface area contributed by atoms with Crippen LogP contribution in [0.4, 0.5) is 0 Å². The largest absolute Gasteiger partial charge is 0.355 e. The zero-order valence-electron chi connectivity index (χ0n) is 15.1. The molecule has 0 spiro atoms. The van der Waals surface area contributed by atoms with Crippen LogP contribution in [0, 0.1) is 0 Å². The molecule has 0 aliphatic heterocycles. The number of aromatic nitrogens is 1. The van der Waals surface area contributed by atoms with Gasteiger partial charge in [-0.05, 0) is 23.6 Å². The summed E-state index contributed by atoms with van der Waals surface area (Å²) in [7, 11) is 3.36. The molecule has 0 radical (unpaired) electrons. The minimum atomic E-state index is -0.0888. The molecule has 0 fully saturated rings. The second-order valence-corrected chi connectivity index (χ2v) is 6.82. The number of aliphatic imine (C=N–C) groups is 1. The molecule has 25 heavy (non-hydrogen) atoms. The monoisotopic (exact) mass is 359 g/mol. The third-order valence-corrected chi connectivity index (χ3v) is 4.53. The first-order valence-electron chi connectivity index (χ1n) is 8.23. The van der Waals surface area contributed by atoms with Crippen LogP contribution in [0.25, 0.3) is 0 Å². The van der Waals surface area contributed by atoms with Crippen molar-refractivity contribution in [1.82, 2.24) is 20.9 Å². The summed E-state index contributed by atoms with van der Waals surface area (Å²) >= 11 is 1.65. The van der Waals surface area contributed by atoms with Gasteiger partial charge < -0.3 is 16.0 Å². The Morgan fingerprint density at radius 1 is 1.28 bits per heavy atom. The smallest absolute Gasteiger partial charge is 0.251 e. The summed E-state index contributed by atoms with van der Waals surface area (Å²) < 4.78 is 0. The van der Waals surface area contributed by atoms with Gasteiger partial charge in [0, 0.05) is 31.6 Å². The number of nitrogens with zero attached hydrogens (tertiary/aromatic N) is 2. The molecule has 134 valence electrons. The van der Waals surface area contributed by atoms with E-state index in [2.05, 4.69) is 45.2 Å². The summed E-state index contributed by atoms with van der Waals surface area (Å²) in [5.74, 6) is 1.05. The fraction of sp³-hybridized carbons (Fsp3) is 0.389. The zero-order chi connectivity index (χ0) is 18.2. The van der Waals surface area contributed by atoms with Crippen molar-refractivity contribution in [3.63, 3.8) is 0 Å². The van der Waals surface area contributed by atoms with Gasteiger partial charge in [0.05, 0.1) is 12.2 Å².